The Morgan fingerprint density at radius 2 is 1.97 bits per heavy atom. The van der Waals surface area contributed by atoms with Crippen LogP contribution >= 0.6 is 0 Å². The zero-order valence-electron chi connectivity index (χ0n) is 21.1. The van der Waals surface area contributed by atoms with E-state index in [0.29, 0.717) is 41.7 Å². The molecule has 6 rings (SSSR count). The van der Waals surface area contributed by atoms with E-state index in [0.717, 1.165) is 31.1 Å². The molecule has 7 nitrogen and oxygen atoms in total. The van der Waals surface area contributed by atoms with Crippen molar-refractivity contribution in [2.45, 2.75) is 52.9 Å². The molecule has 7 heteroatoms. The lowest BCUT2D eigenvalue weighted by atomic mass is 9.42. The molecular weight excluding hydrogens is 460 g/mol. The third-order valence-corrected chi connectivity index (χ3v) is 10.5. The standard InChI is InChI=1S/C29H34O7/c1-16(2)22-11-19-12-28(14-30)21-6-4-17(3)20(21)13-27(19,29(22,28)26(32)33)8-9-34-25(31)18-5-7-23-24(10-18)36-15-35-23/h5,7,10-11,14,16-17,19-21H,4,6,8-9,12-13,15H2,1-3H3,(H,32,33)/t17-,19?,20?,21?,27?,28?,29?/m1/s1. The van der Waals surface area contributed by atoms with Crippen molar-refractivity contribution in [2.75, 3.05) is 13.4 Å². The Morgan fingerprint density at radius 3 is 2.69 bits per heavy atom. The Hall–Kier alpha value is -2.83. The number of rotatable bonds is 7. The molecular formula is C29H34O7. The third-order valence-electron chi connectivity index (χ3n) is 10.5. The predicted octanol–water partition coefficient (Wildman–Crippen LogP) is 4.89. The van der Waals surface area contributed by atoms with Gasteiger partial charge in [-0.1, -0.05) is 38.8 Å². The van der Waals surface area contributed by atoms with Gasteiger partial charge in [0, 0.05) is 5.41 Å². The minimum Gasteiger partial charge on any atom is -0.481 e. The maximum Gasteiger partial charge on any atom is 0.338 e. The van der Waals surface area contributed by atoms with Crippen LogP contribution < -0.4 is 9.47 Å². The summed E-state index contributed by atoms with van der Waals surface area (Å²) in [4.78, 5) is 39.4. The van der Waals surface area contributed by atoms with Gasteiger partial charge < -0.3 is 24.1 Å². The lowest BCUT2D eigenvalue weighted by Gasteiger charge is -2.58. The van der Waals surface area contributed by atoms with Crippen LogP contribution in [0.5, 0.6) is 11.5 Å². The molecule has 1 aliphatic heterocycles. The van der Waals surface area contributed by atoms with Crippen LogP contribution in [0.4, 0.5) is 0 Å². The molecule has 1 heterocycles. The molecule has 1 aromatic rings. The second-order valence-electron chi connectivity index (χ2n) is 11.9. The summed E-state index contributed by atoms with van der Waals surface area (Å²) in [6, 6.07) is 4.95. The number of aliphatic carboxylic acids is 1. The maximum atomic E-state index is 13.4. The SMILES string of the molecule is CC(C)C1=CC2CC3(C=O)C4CC[C@@H](C)C4CC2(CCOC(=O)c2ccc4c(c2)OCO4)C13C(=O)O. The summed E-state index contributed by atoms with van der Waals surface area (Å²) >= 11 is 0. The first-order valence-corrected chi connectivity index (χ1v) is 13.2. The molecule has 192 valence electrons. The Bertz CT molecular complexity index is 1170. The van der Waals surface area contributed by atoms with E-state index in [-0.39, 0.29) is 31.2 Å². The van der Waals surface area contributed by atoms with E-state index in [1.807, 2.05) is 13.8 Å². The first-order chi connectivity index (χ1) is 17.2. The smallest absolute Gasteiger partial charge is 0.338 e. The van der Waals surface area contributed by atoms with E-state index in [1.165, 1.54) is 0 Å². The van der Waals surface area contributed by atoms with Crippen molar-refractivity contribution in [2.24, 2.45) is 45.8 Å². The summed E-state index contributed by atoms with van der Waals surface area (Å²) in [6.45, 7) is 6.55. The minimum atomic E-state index is -1.24. The van der Waals surface area contributed by atoms with E-state index in [4.69, 9.17) is 14.2 Å². The van der Waals surface area contributed by atoms with Gasteiger partial charge in [0.05, 0.1) is 17.6 Å². The highest BCUT2D eigenvalue weighted by molar-refractivity contribution is 5.91. The fourth-order valence-electron chi connectivity index (χ4n) is 9.27. The van der Waals surface area contributed by atoms with Crippen LogP contribution in [0, 0.1) is 45.8 Å². The Kier molecular flexibility index (Phi) is 5.13. The van der Waals surface area contributed by atoms with Crippen molar-refractivity contribution < 1.29 is 33.7 Å². The van der Waals surface area contributed by atoms with E-state index >= 15 is 0 Å². The van der Waals surface area contributed by atoms with Crippen LogP contribution in [0.1, 0.15) is 63.2 Å². The zero-order valence-corrected chi connectivity index (χ0v) is 21.1. The Morgan fingerprint density at radius 1 is 1.19 bits per heavy atom. The molecule has 7 atom stereocenters. The second-order valence-corrected chi connectivity index (χ2v) is 11.9. The Balaban J connectivity index is 1.34. The van der Waals surface area contributed by atoms with E-state index < -0.39 is 28.2 Å². The molecule has 1 N–H and O–H groups in total. The van der Waals surface area contributed by atoms with Crippen molar-refractivity contribution in [3.8, 4) is 11.5 Å². The van der Waals surface area contributed by atoms with E-state index in [1.54, 1.807) is 18.2 Å². The summed E-state index contributed by atoms with van der Waals surface area (Å²) in [5.74, 6) is 0.643. The molecule has 1 aromatic carbocycles. The number of fused-ring (bicyclic) bond motifs is 3. The highest BCUT2D eigenvalue weighted by Crippen LogP contribution is 2.83. The molecule has 0 spiro atoms. The van der Waals surface area contributed by atoms with E-state index in [9.17, 15) is 19.5 Å². The zero-order chi connectivity index (χ0) is 25.5. The van der Waals surface area contributed by atoms with Gasteiger partial charge >= 0.3 is 11.9 Å². The summed E-state index contributed by atoms with van der Waals surface area (Å²) in [6.07, 6.45) is 6.92. The minimum absolute atomic E-state index is 0.00162. The molecule has 3 saturated carbocycles. The molecule has 0 radical (unpaired) electrons. The summed E-state index contributed by atoms with van der Waals surface area (Å²) < 4.78 is 16.4. The fraction of sp³-hybridized carbons (Fsp3) is 0.621. The molecule has 0 amide bonds. The summed E-state index contributed by atoms with van der Waals surface area (Å²) in [5.41, 5.74) is -1.49. The molecule has 0 saturated heterocycles. The normalized spacial score (nSPS) is 39.2. The van der Waals surface area contributed by atoms with Gasteiger partial charge in [-0.2, -0.15) is 0 Å². The molecule has 5 aliphatic rings. The summed E-state index contributed by atoms with van der Waals surface area (Å²) in [5, 5.41) is 11.0. The first kappa shape index (κ1) is 23.6. The highest BCUT2D eigenvalue weighted by atomic mass is 16.7. The van der Waals surface area contributed by atoms with Crippen molar-refractivity contribution >= 4 is 18.2 Å². The fourth-order valence-corrected chi connectivity index (χ4v) is 9.27. The number of ether oxygens (including phenoxy) is 3. The van der Waals surface area contributed by atoms with Gasteiger partial charge in [-0.3, -0.25) is 4.79 Å². The number of hydrogen-bond donors (Lipinski definition) is 1. The monoisotopic (exact) mass is 494 g/mol. The number of hydrogen-bond acceptors (Lipinski definition) is 6. The average Bonchev–Trinajstić information content (AvgIpc) is 3.58. The average molecular weight is 495 g/mol. The van der Waals surface area contributed by atoms with E-state index in [2.05, 4.69) is 13.0 Å². The number of aldehydes is 1. The number of carboxylic acids is 1. The lowest BCUT2D eigenvalue weighted by Crippen LogP contribution is -2.62. The number of allylic oxidation sites excluding steroid dienone is 1. The lowest BCUT2D eigenvalue weighted by molar-refractivity contribution is -0.181. The van der Waals surface area contributed by atoms with Crippen LogP contribution in [0.2, 0.25) is 0 Å². The van der Waals surface area contributed by atoms with Crippen LogP contribution in [0.15, 0.2) is 29.8 Å². The van der Waals surface area contributed by atoms with Gasteiger partial charge in [0.25, 0.3) is 0 Å². The van der Waals surface area contributed by atoms with Crippen LogP contribution in [-0.2, 0) is 14.3 Å². The van der Waals surface area contributed by atoms with Crippen molar-refractivity contribution in [1.29, 1.82) is 0 Å². The molecule has 4 bridgehead atoms. The third kappa shape index (κ3) is 2.67. The van der Waals surface area contributed by atoms with Gasteiger partial charge in [0.15, 0.2) is 11.5 Å². The van der Waals surface area contributed by atoms with Crippen LogP contribution in [0.25, 0.3) is 0 Å². The van der Waals surface area contributed by atoms with Gasteiger partial charge in [0.2, 0.25) is 6.79 Å². The molecule has 0 aromatic heterocycles. The van der Waals surface area contributed by atoms with Crippen LogP contribution in [0.3, 0.4) is 0 Å². The number of carbonyl (C=O) groups excluding carboxylic acids is 2. The van der Waals surface area contributed by atoms with Crippen molar-refractivity contribution in [1.82, 2.24) is 0 Å². The number of carbonyl (C=O) groups is 3. The second kappa shape index (κ2) is 7.83. The Labute approximate surface area is 211 Å². The van der Waals surface area contributed by atoms with Gasteiger partial charge in [0.1, 0.15) is 11.7 Å². The topological polar surface area (TPSA) is 99.1 Å². The van der Waals surface area contributed by atoms with Crippen LogP contribution in [-0.4, -0.2) is 36.7 Å². The number of benzene rings is 1. The number of esters is 1. The van der Waals surface area contributed by atoms with Gasteiger partial charge in [-0.25, -0.2) is 4.79 Å². The first-order valence-electron chi connectivity index (χ1n) is 13.2. The molecule has 4 aliphatic carbocycles. The van der Waals surface area contributed by atoms with Crippen molar-refractivity contribution in [3.63, 3.8) is 0 Å². The van der Waals surface area contributed by atoms with Crippen molar-refractivity contribution in [3.05, 3.63) is 35.4 Å². The summed E-state index contributed by atoms with van der Waals surface area (Å²) in [7, 11) is 0. The highest BCUT2D eigenvalue weighted by Gasteiger charge is 2.83. The molecule has 3 fully saturated rings. The molecule has 6 unspecified atom stereocenters. The maximum absolute atomic E-state index is 13.4. The van der Waals surface area contributed by atoms with Gasteiger partial charge in [-0.05, 0) is 73.5 Å². The predicted molar refractivity (Wildman–Crippen MR) is 129 cm³/mol. The number of carboxylic acid groups (broad SMARTS) is 1. The quantitative estimate of drug-likeness (QED) is 0.327. The largest absolute Gasteiger partial charge is 0.481 e. The van der Waals surface area contributed by atoms with Gasteiger partial charge in [-0.15, -0.1) is 0 Å². The molecule has 36 heavy (non-hydrogen) atoms.